The number of hydrogen-bond donors (Lipinski definition) is 1. The van der Waals surface area contributed by atoms with E-state index in [1.807, 2.05) is 54.6 Å². The third kappa shape index (κ3) is 9.54. The molecule has 0 aliphatic carbocycles. The minimum Gasteiger partial charge on any atom is -0.392 e. The zero-order valence-corrected chi connectivity index (χ0v) is 30.7. The molecule has 0 unspecified atom stereocenters. The molecule has 0 amide bonds. The summed E-state index contributed by atoms with van der Waals surface area (Å²) in [6.45, 7) is 2.37. The standard InChI is InChI=1S/C15H16ClN5.C10H6Cl2N4.C10H7Cl2NO/c16-13-6-4-5-11-9-12(10-18-20-17)15(19-14(11)13)21-7-2-1-3-8-21;11-8-3-1-2-6-4-7(5-14-16-13)10(12)15-9(6)8;11-8-3-1-2-6-4-7(5-14)10(12)13-9(6)8/h4-6,9H,1-3,7-8,10H2;1-4H,5H2;1-4,14H,5H2. The van der Waals surface area contributed by atoms with Crippen LogP contribution in [0.25, 0.3) is 53.6 Å². The Morgan fingerprint density at radius 2 is 1.04 bits per heavy atom. The van der Waals surface area contributed by atoms with Gasteiger partial charge in [-0.2, -0.15) is 0 Å². The first-order chi connectivity index (χ1) is 24.7. The van der Waals surface area contributed by atoms with Crippen LogP contribution in [0.15, 0.2) is 83.0 Å². The van der Waals surface area contributed by atoms with Gasteiger partial charge in [0, 0.05) is 50.2 Å². The van der Waals surface area contributed by atoms with Crippen molar-refractivity contribution in [2.75, 3.05) is 18.0 Å². The number of benzene rings is 3. The molecule has 1 saturated heterocycles. The lowest BCUT2D eigenvalue weighted by molar-refractivity contribution is 0.281. The number of hydrogen-bond acceptors (Lipinski definition) is 7. The van der Waals surface area contributed by atoms with Crippen molar-refractivity contribution in [2.45, 2.75) is 39.0 Å². The van der Waals surface area contributed by atoms with Gasteiger partial charge in [-0.25, -0.2) is 15.0 Å². The third-order valence-corrected chi connectivity index (χ3v) is 9.50. The average molecular weight is 783 g/mol. The van der Waals surface area contributed by atoms with Crippen molar-refractivity contribution in [1.29, 1.82) is 0 Å². The molecule has 0 spiro atoms. The van der Waals surface area contributed by atoms with E-state index >= 15 is 0 Å². The first kappa shape index (κ1) is 38.0. The van der Waals surface area contributed by atoms with Crippen molar-refractivity contribution in [3.05, 3.63) is 136 Å². The van der Waals surface area contributed by atoms with Gasteiger partial charge in [0.05, 0.1) is 51.3 Å². The van der Waals surface area contributed by atoms with Crippen LogP contribution < -0.4 is 4.90 Å². The lowest BCUT2D eigenvalue weighted by Gasteiger charge is -2.29. The van der Waals surface area contributed by atoms with E-state index in [1.54, 1.807) is 18.2 Å². The summed E-state index contributed by atoms with van der Waals surface area (Å²) < 4.78 is 0. The minimum atomic E-state index is -0.117. The highest BCUT2D eigenvalue weighted by Gasteiger charge is 2.17. The number of fused-ring (bicyclic) bond motifs is 3. The fraction of sp³-hybridized carbons (Fsp3) is 0.229. The SMILES string of the molecule is OCc1cc2cccc(Cl)c2nc1Cl.[N-]=[N+]=NCc1cc2cccc(Cl)c2nc1Cl.[N-]=[N+]=NCc1cc2cccc(Cl)c2nc1N1CCCCC1. The minimum absolute atomic E-state index is 0.117. The summed E-state index contributed by atoms with van der Waals surface area (Å²) >= 11 is 30.0. The van der Waals surface area contributed by atoms with E-state index in [-0.39, 0.29) is 13.2 Å². The van der Waals surface area contributed by atoms with Crippen molar-refractivity contribution >= 4 is 96.5 Å². The van der Waals surface area contributed by atoms with Crippen LogP contribution in [0, 0.1) is 0 Å². The number of aliphatic hydroxyl groups is 1. The molecule has 4 heterocycles. The second kappa shape index (κ2) is 18.3. The second-order valence-electron chi connectivity index (χ2n) is 11.3. The first-order valence-corrected chi connectivity index (χ1v) is 17.6. The summed E-state index contributed by atoms with van der Waals surface area (Å²) in [5.41, 5.74) is 21.2. The molecule has 6 aromatic rings. The number of anilines is 1. The molecule has 1 N–H and O–H groups in total. The van der Waals surface area contributed by atoms with Gasteiger partial charge >= 0.3 is 0 Å². The van der Waals surface area contributed by atoms with Crippen molar-refractivity contribution in [1.82, 2.24) is 15.0 Å². The molecule has 1 fully saturated rings. The first-order valence-electron chi connectivity index (χ1n) is 15.7. The van der Waals surface area contributed by atoms with E-state index in [9.17, 15) is 0 Å². The lowest BCUT2D eigenvalue weighted by atomic mass is 10.1. The monoisotopic (exact) mass is 780 g/mol. The van der Waals surface area contributed by atoms with Crippen LogP contribution in [0.3, 0.4) is 0 Å². The predicted octanol–water partition coefficient (Wildman–Crippen LogP) is 12.1. The molecular formula is C35H29Cl5N10O. The smallest absolute Gasteiger partial charge is 0.135 e. The number of azide groups is 2. The molecule has 11 nitrogen and oxygen atoms in total. The van der Waals surface area contributed by atoms with E-state index in [1.165, 1.54) is 19.3 Å². The molecule has 51 heavy (non-hydrogen) atoms. The average Bonchev–Trinajstić information content (AvgIpc) is 3.14. The Bertz CT molecular complexity index is 2290. The lowest BCUT2D eigenvalue weighted by Crippen LogP contribution is -2.31. The Balaban J connectivity index is 0.000000152. The summed E-state index contributed by atoms with van der Waals surface area (Å²) in [5, 5.41) is 21.3. The largest absolute Gasteiger partial charge is 0.392 e. The Labute approximate surface area is 318 Å². The van der Waals surface area contributed by atoms with E-state index in [0.717, 1.165) is 46.1 Å². The van der Waals surface area contributed by atoms with Crippen molar-refractivity contribution in [2.24, 2.45) is 10.2 Å². The number of aliphatic hydroxyl groups excluding tert-OH is 1. The Hall–Kier alpha value is -4.28. The molecule has 16 heteroatoms. The van der Waals surface area contributed by atoms with Crippen molar-refractivity contribution in [3.63, 3.8) is 0 Å². The number of pyridine rings is 3. The molecule has 0 bridgehead atoms. The molecule has 0 radical (unpaired) electrons. The zero-order chi connectivity index (χ0) is 36.3. The van der Waals surface area contributed by atoms with Gasteiger partial charge < -0.3 is 10.0 Å². The van der Waals surface area contributed by atoms with Gasteiger partial charge in [-0.05, 0) is 72.3 Å². The third-order valence-electron chi connectivity index (χ3n) is 7.93. The molecule has 0 atom stereocenters. The highest BCUT2D eigenvalue weighted by Crippen LogP contribution is 2.31. The van der Waals surface area contributed by atoms with Gasteiger partial charge in [0.2, 0.25) is 0 Å². The maximum Gasteiger partial charge on any atom is 0.135 e. The Morgan fingerprint density at radius 3 is 1.53 bits per heavy atom. The van der Waals surface area contributed by atoms with Crippen molar-refractivity contribution < 1.29 is 5.11 Å². The molecule has 1 aliphatic heterocycles. The highest BCUT2D eigenvalue weighted by atomic mass is 35.5. The molecule has 3 aromatic heterocycles. The zero-order valence-electron chi connectivity index (χ0n) is 26.9. The normalized spacial score (nSPS) is 12.3. The van der Waals surface area contributed by atoms with E-state index < -0.39 is 0 Å². The van der Waals surface area contributed by atoms with Gasteiger partial charge in [0.15, 0.2) is 0 Å². The highest BCUT2D eigenvalue weighted by molar-refractivity contribution is 6.36. The molecule has 260 valence electrons. The number of rotatable bonds is 6. The van der Waals surface area contributed by atoms with E-state index in [0.29, 0.717) is 54.1 Å². The topological polar surface area (TPSA) is 160 Å². The maximum atomic E-state index is 8.99. The predicted molar refractivity (Wildman–Crippen MR) is 208 cm³/mol. The summed E-state index contributed by atoms with van der Waals surface area (Å²) in [6.07, 6.45) is 3.60. The van der Waals surface area contributed by atoms with Crippen LogP contribution in [0.4, 0.5) is 5.82 Å². The summed E-state index contributed by atoms with van der Waals surface area (Å²) in [6, 6.07) is 22.3. The molecular weight excluding hydrogens is 754 g/mol. The Morgan fingerprint density at radius 1 is 0.608 bits per heavy atom. The van der Waals surface area contributed by atoms with Crippen LogP contribution >= 0.6 is 58.0 Å². The quantitative estimate of drug-likeness (QED) is 0.0769. The van der Waals surface area contributed by atoms with Crippen LogP contribution in [-0.4, -0.2) is 33.1 Å². The molecule has 3 aromatic carbocycles. The Kier molecular flexibility index (Phi) is 13.6. The van der Waals surface area contributed by atoms with E-state index in [2.05, 4.69) is 34.9 Å². The fourth-order valence-corrected chi connectivity index (χ4v) is 6.57. The number of piperidine rings is 1. The van der Waals surface area contributed by atoms with Gasteiger partial charge in [0.1, 0.15) is 16.1 Å². The van der Waals surface area contributed by atoms with Gasteiger partial charge in [-0.1, -0.05) is 105 Å². The second-order valence-corrected chi connectivity index (χ2v) is 13.2. The van der Waals surface area contributed by atoms with Gasteiger partial charge in [-0.15, -0.1) is 0 Å². The summed E-state index contributed by atoms with van der Waals surface area (Å²) in [7, 11) is 0. The maximum absolute atomic E-state index is 8.99. The fourth-order valence-electron chi connectivity index (χ4n) is 5.50. The van der Waals surface area contributed by atoms with Crippen LogP contribution in [0.5, 0.6) is 0 Å². The number of para-hydroxylation sites is 3. The van der Waals surface area contributed by atoms with Gasteiger partial charge in [-0.3, -0.25) is 0 Å². The van der Waals surface area contributed by atoms with Gasteiger partial charge in [0.25, 0.3) is 0 Å². The van der Waals surface area contributed by atoms with Crippen LogP contribution in [-0.2, 0) is 19.7 Å². The summed E-state index contributed by atoms with van der Waals surface area (Å²) in [4.78, 5) is 20.9. The van der Waals surface area contributed by atoms with Crippen LogP contribution in [0.2, 0.25) is 25.4 Å². The molecule has 7 rings (SSSR count). The van der Waals surface area contributed by atoms with Crippen LogP contribution in [0.1, 0.15) is 36.0 Å². The summed E-state index contributed by atoms with van der Waals surface area (Å²) in [5.74, 6) is 0.905. The van der Waals surface area contributed by atoms with E-state index in [4.69, 9.17) is 79.2 Å². The van der Waals surface area contributed by atoms with Crippen molar-refractivity contribution in [3.8, 4) is 0 Å². The number of nitrogens with zero attached hydrogens (tertiary/aromatic N) is 10. The number of aromatic nitrogens is 3. The molecule has 0 saturated carbocycles. The number of halogens is 5. The molecule has 1 aliphatic rings.